The molecule has 4 aromatic rings. The van der Waals surface area contributed by atoms with Gasteiger partial charge in [-0.25, -0.2) is 4.79 Å². The van der Waals surface area contributed by atoms with Crippen molar-refractivity contribution in [2.75, 3.05) is 0 Å². The van der Waals surface area contributed by atoms with Crippen LogP contribution in [0.3, 0.4) is 0 Å². The van der Waals surface area contributed by atoms with Crippen LogP contribution in [0.4, 0.5) is 0 Å². The number of hydrogen-bond donors (Lipinski definition) is 1. The van der Waals surface area contributed by atoms with Crippen LogP contribution in [0, 0.1) is 0 Å². The molecule has 26 heavy (non-hydrogen) atoms. The number of aromatic amines is 1. The topological polar surface area (TPSA) is 45.8 Å². The van der Waals surface area contributed by atoms with Crippen molar-refractivity contribution in [2.45, 2.75) is 9.79 Å². The van der Waals surface area contributed by atoms with Crippen LogP contribution in [0.5, 0.6) is 0 Å². The van der Waals surface area contributed by atoms with Crippen LogP contribution in [-0.4, -0.2) is 9.97 Å². The Morgan fingerprint density at radius 3 is 1.85 bits per heavy atom. The third-order valence-electron chi connectivity index (χ3n) is 3.96. The maximum absolute atomic E-state index is 12.3. The molecule has 3 aromatic carbocycles. The monoisotopic (exact) mass is 356 g/mol. The Hall–Kier alpha value is -3.11. The predicted octanol–water partition coefficient (Wildman–Crippen LogP) is 5.26. The van der Waals surface area contributed by atoms with Gasteiger partial charge in [0.25, 0.3) is 0 Å². The van der Waals surface area contributed by atoms with Crippen LogP contribution in [-0.2, 0) is 0 Å². The van der Waals surface area contributed by atoms with Crippen molar-refractivity contribution >= 4 is 11.8 Å². The summed E-state index contributed by atoms with van der Waals surface area (Å²) in [7, 11) is 0. The van der Waals surface area contributed by atoms with Gasteiger partial charge in [0.15, 0.2) is 0 Å². The highest BCUT2D eigenvalue weighted by Gasteiger charge is 2.16. The summed E-state index contributed by atoms with van der Waals surface area (Å²) in [5.74, 6) is 0. The molecule has 0 aliphatic heterocycles. The van der Waals surface area contributed by atoms with Crippen molar-refractivity contribution in [2.24, 2.45) is 0 Å². The van der Waals surface area contributed by atoms with Crippen LogP contribution >= 0.6 is 11.8 Å². The van der Waals surface area contributed by atoms with E-state index in [1.165, 1.54) is 0 Å². The van der Waals surface area contributed by atoms with E-state index in [1.54, 1.807) is 11.8 Å². The van der Waals surface area contributed by atoms with E-state index >= 15 is 0 Å². The maximum Gasteiger partial charge on any atom is 0.346 e. The molecule has 0 fully saturated rings. The fraction of sp³-hybridized carbons (Fsp3) is 0. The van der Waals surface area contributed by atoms with E-state index in [9.17, 15) is 4.79 Å². The van der Waals surface area contributed by atoms with Crippen LogP contribution in [0.25, 0.3) is 22.5 Å². The molecule has 0 saturated carbocycles. The quantitative estimate of drug-likeness (QED) is 0.543. The van der Waals surface area contributed by atoms with E-state index in [0.717, 1.165) is 26.6 Å². The SMILES string of the molecule is O=c1nc(-c2ccccc2)c(Sc2ccccc2)c(-c2ccccc2)[nH]1. The van der Waals surface area contributed by atoms with Gasteiger partial charge in [0.2, 0.25) is 0 Å². The number of rotatable bonds is 4. The van der Waals surface area contributed by atoms with E-state index in [2.05, 4.69) is 22.1 Å². The fourth-order valence-electron chi connectivity index (χ4n) is 2.77. The molecule has 1 N–H and O–H groups in total. The van der Waals surface area contributed by atoms with E-state index in [1.807, 2.05) is 78.9 Å². The van der Waals surface area contributed by atoms with E-state index < -0.39 is 0 Å². The average Bonchev–Trinajstić information content (AvgIpc) is 2.71. The van der Waals surface area contributed by atoms with Gasteiger partial charge in [0.05, 0.1) is 16.3 Å². The van der Waals surface area contributed by atoms with Crippen LogP contribution in [0.2, 0.25) is 0 Å². The first kappa shape index (κ1) is 16.4. The summed E-state index contributed by atoms with van der Waals surface area (Å²) < 4.78 is 0. The molecule has 0 spiro atoms. The van der Waals surface area contributed by atoms with Gasteiger partial charge in [-0.2, -0.15) is 4.98 Å². The Bertz CT molecular complexity index is 998. The zero-order valence-corrected chi connectivity index (χ0v) is 14.7. The summed E-state index contributed by atoms with van der Waals surface area (Å²) in [5, 5.41) is 0. The van der Waals surface area contributed by atoms with Gasteiger partial charge in [0, 0.05) is 10.5 Å². The largest absolute Gasteiger partial charge is 0.346 e. The highest BCUT2D eigenvalue weighted by atomic mass is 32.2. The first-order valence-electron chi connectivity index (χ1n) is 8.29. The third-order valence-corrected chi connectivity index (χ3v) is 5.07. The van der Waals surface area contributed by atoms with Crippen LogP contribution in [0.1, 0.15) is 0 Å². The Labute approximate surface area is 155 Å². The van der Waals surface area contributed by atoms with Crippen LogP contribution < -0.4 is 5.69 Å². The molecule has 4 heteroatoms. The summed E-state index contributed by atoms with van der Waals surface area (Å²) in [6.45, 7) is 0. The summed E-state index contributed by atoms with van der Waals surface area (Å²) in [4.78, 5) is 21.5. The minimum Gasteiger partial charge on any atom is -0.304 e. The zero-order chi connectivity index (χ0) is 17.8. The van der Waals surface area contributed by atoms with E-state index in [4.69, 9.17) is 0 Å². The minimum absolute atomic E-state index is 0.347. The molecule has 0 amide bonds. The third kappa shape index (κ3) is 3.46. The molecule has 3 nitrogen and oxygen atoms in total. The predicted molar refractivity (Wildman–Crippen MR) is 106 cm³/mol. The van der Waals surface area contributed by atoms with Crippen molar-refractivity contribution in [1.29, 1.82) is 0 Å². The molecule has 0 aliphatic rings. The summed E-state index contributed by atoms with van der Waals surface area (Å²) in [6.07, 6.45) is 0. The molecule has 1 heterocycles. The van der Waals surface area contributed by atoms with Gasteiger partial charge in [-0.3, -0.25) is 0 Å². The lowest BCUT2D eigenvalue weighted by atomic mass is 10.1. The van der Waals surface area contributed by atoms with Crippen molar-refractivity contribution in [3.05, 3.63) is 101 Å². The molecule has 0 unspecified atom stereocenters. The zero-order valence-electron chi connectivity index (χ0n) is 13.9. The Morgan fingerprint density at radius 1 is 0.692 bits per heavy atom. The lowest BCUT2D eigenvalue weighted by molar-refractivity contribution is 1.04. The average molecular weight is 356 g/mol. The maximum atomic E-state index is 12.3. The second-order valence-electron chi connectivity index (χ2n) is 5.74. The molecular weight excluding hydrogens is 340 g/mol. The Balaban J connectivity index is 1.96. The minimum atomic E-state index is -0.347. The number of hydrogen-bond acceptors (Lipinski definition) is 3. The molecule has 126 valence electrons. The van der Waals surface area contributed by atoms with Gasteiger partial charge < -0.3 is 4.98 Å². The number of benzene rings is 3. The standard InChI is InChI=1S/C22H16N2OS/c25-22-23-19(16-10-4-1-5-11-16)21(26-18-14-8-3-9-15-18)20(24-22)17-12-6-2-7-13-17/h1-15H,(H,23,24,25). The number of aromatic nitrogens is 2. The highest BCUT2D eigenvalue weighted by Crippen LogP contribution is 2.39. The smallest absolute Gasteiger partial charge is 0.304 e. The van der Waals surface area contributed by atoms with E-state index in [0.29, 0.717) is 5.69 Å². The Kier molecular flexibility index (Phi) is 4.67. The fourth-order valence-corrected chi connectivity index (χ4v) is 3.83. The molecular formula is C22H16N2OS. The molecule has 0 radical (unpaired) electrons. The second kappa shape index (κ2) is 7.42. The number of H-pyrrole nitrogens is 1. The Morgan fingerprint density at radius 2 is 1.23 bits per heavy atom. The van der Waals surface area contributed by atoms with Gasteiger partial charge >= 0.3 is 5.69 Å². The normalized spacial score (nSPS) is 10.6. The molecule has 0 saturated heterocycles. The van der Waals surface area contributed by atoms with Gasteiger partial charge in [0.1, 0.15) is 0 Å². The van der Waals surface area contributed by atoms with Crippen molar-refractivity contribution in [3.63, 3.8) is 0 Å². The first-order chi connectivity index (χ1) is 12.8. The molecule has 0 aliphatic carbocycles. The summed E-state index contributed by atoms with van der Waals surface area (Å²) in [5.41, 5.74) is 3.03. The van der Waals surface area contributed by atoms with Crippen LogP contribution in [0.15, 0.2) is 106 Å². The first-order valence-corrected chi connectivity index (χ1v) is 9.11. The number of nitrogens with zero attached hydrogens (tertiary/aromatic N) is 1. The van der Waals surface area contributed by atoms with E-state index in [-0.39, 0.29) is 5.69 Å². The molecule has 0 bridgehead atoms. The molecule has 0 atom stereocenters. The van der Waals surface area contributed by atoms with Crippen molar-refractivity contribution in [3.8, 4) is 22.5 Å². The van der Waals surface area contributed by atoms with Crippen molar-refractivity contribution < 1.29 is 0 Å². The molecule has 1 aromatic heterocycles. The summed E-state index contributed by atoms with van der Waals surface area (Å²) >= 11 is 1.61. The van der Waals surface area contributed by atoms with Crippen molar-refractivity contribution in [1.82, 2.24) is 9.97 Å². The van der Waals surface area contributed by atoms with Gasteiger partial charge in [-0.05, 0) is 17.7 Å². The van der Waals surface area contributed by atoms with Gasteiger partial charge in [-0.15, -0.1) is 0 Å². The lowest BCUT2D eigenvalue weighted by Gasteiger charge is -2.13. The lowest BCUT2D eigenvalue weighted by Crippen LogP contribution is -2.14. The number of nitrogens with one attached hydrogen (secondary N) is 1. The highest BCUT2D eigenvalue weighted by molar-refractivity contribution is 7.99. The summed E-state index contributed by atoms with van der Waals surface area (Å²) in [6, 6.07) is 29.8. The second-order valence-corrected chi connectivity index (χ2v) is 6.83. The van der Waals surface area contributed by atoms with Gasteiger partial charge in [-0.1, -0.05) is 90.6 Å². The molecule has 4 rings (SSSR count).